The summed E-state index contributed by atoms with van der Waals surface area (Å²) in [6, 6.07) is 6.50. The summed E-state index contributed by atoms with van der Waals surface area (Å²) < 4.78 is 26.4. The molecule has 1 aromatic carbocycles. The molecule has 0 bridgehead atoms. The number of aromatic amines is 1. The van der Waals surface area contributed by atoms with E-state index in [4.69, 9.17) is 11.6 Å². The van der Waals surface area contributed by atoms with Crippen molar-refractivity contribution in [1.82, 2.24) is 10.2 Å². The lowest BCUT2D eigenvalue weighted by Crippen LogP contribution is -2.13. The molecule has 7 heteroatoms. The maximum Gasteiger partial charge on any atom is 0.265 e. The second-order valence-corrected chi connectivity index (χ2v) is 5.56. The summed E-state index contributed by atoms with van der Waals surface area (Å²) in [7, 11) is -3.62. The Hall–Kier alpha value is -1.53. The van der Waals surface area contributed by atoms with Crippen LogP contribution in [0.4, 0.5) is 5.69 Å². The highest BCUT2D eigenvalue weighted by molar-refractivity contribution is 7.92. The van der Waals surface area contributed by atoms with Gasteiger partial charge in [-0.1, -0.05) is 17.7 Å². The molecule has 90 valence electrons. The molecule has 2 N–H and O–H groups in total. The van der Waals surface area contributed by atoms with E-state index >= 15 is 0 Å². The van der Waals surface area contributed by atoms with E-state index in [2.05, 4.69) is 14.9 Å². The first-order chi connectivity index (χ1) is 7.99. The SMILES string of the molecule is Cc1[nH]ncc1S(=O)(=O)Nc1cccc(Cl)c1. The Kier molecular flexibility index (Phi) is 3.08. The summed E-state index contributed by atoms with van der Waals surface area (Å²) in [6.07, 6.45) is 1.27. The average Bonchev–Trinajstić information content (AvgIpc) is 2.64. The molecule has 0 radical (unpaired) electrons. The van der Waals surface area contributed by atoms with Crippen molar-refractivity contribution in [1.29, 1.82) is 0 Å². The van der Waals surface area contributed by atoms with Gasteiger partial charge in [-0.05, 0) is 25.1 Å². The van der Waals surface area contributed by atoms with Crippen LogP contribution in [-0.2, 0) is 10.0 Å². The fourth-order valence-corrected chi connectivity index (χ4v) is 2.75. The maximum absolute atomic E-state index is 12.0. The number of aryl methyl sites for hydroxylation is 1. The summed E-state index contributed by atoms with van der Waals surface area (Å²) in [5.74, 6) is 0. The molecule has 0 saturated heterocycles. The standard InChI is InChI=1S/C10H10ClN3O2S/c1-7-10(6-12-13-7)17(15,16)14-9-4-2-3-8(11)5-9/h2-6,14H,1H3,(H,12,13). The molecule has 2 rings (SSSR count). The van der Waals surface area contributed by atoms with Crippen molar-refractivity contribution in [3.8, 4) is 0 Å². The fourth-order valence-electron chi connectivity index (χ4n) is 1.37. The summed E-state index contributed by atoms with van der Waals surface area (Å²) in [4.78, 5) is 0.123. The number of rotatable bonds is 3. The number of anilines is 1. The zero-order chi connectivity index (χ0) is 12.5. The minimum Gasteiger partial charge on any atom is -0.281 e. The van der Waals surface area contributed by atoms with Gasteiger partial charge in [0.2, 0.25) is 0 Å². The normalized spacial score (nSPS) is 11.4. The van der Waals surface area contributed by atoms with Crippen molar-refractivity contribution < 1.29 is 8.42 Å². The minimum atomic E-state index is -3.62. The fraction of sp³-hybridized carbons (Fsp3) is 0.100. The van der Waals surface area contributed by atoms with Gasteiger partial charge in [0.1, 0.15) is 4.90 Å². The first-order valence-corrected chi connectivity index (χ1v) is 6.63. The quantitative estimate of drug-likeness (QED) is 0.898. The van der Waals surface area contributed by atoms with Crippen LogP contribution in [0.3, 0.4) is 0 Å². The summed E-state index contributed by atoms with van der Waals surface area (Å²) in [5.41, 5.74) is 0.901. The van der Waals surface area contributed by atoms with Gasteiger partial charge in [-0.3, -0.25) is 9.82 Å². The van der Waals surface area contributed by atoms with E-state index < -0.39 is 10.0 Å². The molecule has 0 fully saturated rings. The highest BCUT2D eigenvalue weighted by Crippen LogP contribution is 2.20. The molecule has 0 amide bonds. The van der Waals surface area contributed by atoms with Crippen LogP contribution in [0.2, 0.25) is 5.02 Å². The van der Waals surface area contributed by atoms with E-state index in [1.54, 1.807) is 25.1 Å². The topological polar surface area (TPSA) is 74.8 Å². The molecule has 0 aliphatic carbocycles. The number of halogens is 1. The predicted octanol–water partition coefficient (Wildman–Crippen LogP) is 2.17. The molecule has 1 aromatic heterocycles. The number of hydrogen-bond donors (Lipinski definition) is 2. The van der Waals surface area contributed by atoms with Gasteiger partial charge in [0.15, 0.2) is 0 Å². The summed E-state index contributed by atoms with van der Waals surface area (Å²) >= 11 is 5.78. The van der Waals surface area contributed by atoms with Gasteiger partial charge < -0.3 is 0 Å². The Morgan fingerprint density at radius 3 is 2.76 bits per heavy atom. The summed E-state index contributed by atoms with van der Waals surface area (Å²) in [5, 5.41) is 6.72. The van der Waals surface area contributed by atoms with E-state index in [1.165, 1.54) is 12.3 Å². The zero-order valence-electron chi connectivity index (χ0n) is 8.94. The van der Waals surface area contributed by atoms with Gasteiger partial charge in [-0.2, -0.15) is 5.10 Å². The van der Waals surface area contributed by atoms with Gasteiger partial charge >= 0.3 is 0 Å². The van der Waals surface area contributed by atoms with E-state index in [-0.39, 0.29) is 4.90 Å². The molecule has 0 unspecified atom stereocenters. The van der Waals surface area contributed by atoms with E-state index in [1.807, 2.05) is 0 Å². The van der Waals surface area contributed by atoms with Gasteiger partial charge in [-0.15, -0.1) is 0 Å². The molecule has 0 spiro atoms. The molecular formula is C10H10ClN3O2S. The van der Waals surface area contributed by atoms with Gasteiger partial charge in [-0.25, -0.2) is 8.42 Å². The Balaban J connectivity index is 2.33. The lowest BCUT2D eigenvalue weighted by molar-refractivity contribution is 0.600. The van der Waals surface area contributed by atoms with Gasteiger partial charge in [0.25, 0.3) is 10.0 Å². The van der Waals surface area contributed by atoms with Crippen LogP contribution in [-0.4, -0.2) is 18.6 Å². The Labute approximate surface area is 104 Å². The third-order valence-corrected chi connectivity index (χ3v) is 3.88. The molecule has 2 aromatic rings. The van der Waals surface area contributed by atoms with E-state index in [0.717, 1.165) is 0 Å². The van der Waals surface area contributed by atoms with Crippen molar-refractivity contribution in [3.63, 3.8) is 0 Å². The molecule has 0 aliphatic rings. The Bertz CT molecular complexity index is 637. The lowest BCUT2D eigenvalue weighted by Gasteiger charge is -2.07. The van der Waals surface area contributed by atoms with Crippen LogP contribution in [0.1, 0.15) is 5.69 Å². The number of aromatic nitrogens is 2. The smallest absolute Gasteiger partial charge is 0.265 e. The maximum atomic E-state index is 12.0. The van der Waals surface area contributed by atoms with Crippen LogP contribution < -0.4 is 4.72 Å². The van der Waals surface area contributed by atoms with Crippen LogP contribution in [0.25, 0.3) is 0 Å². The van der Waals surface area contributed by atoms with Crippen molar-refractivity contribution in [2.75, 3.05) is 4.72 Å². The first kappa shape index (κ1) is 11.9. The van der Waals surface area contributed by atoms with Crippen LogP contribution >= 0.6 is 11.6 Å². The van der Waals surface area contributed by atoms with E-state index in [0.29, 0.717) is 16.4 Å². The summed E-state index contributed by atoms with van der Waals surface area (Å²) in [6.45, 7) is 1.64. The number of benzene rings is 1. The highest BCUT2D eigenvalue weighted by Gasteiger charge is 2.18. The zero-order valence-corrected chi connectivity index (χ0v) is 10.5. The molecule has 0 saturated carbocycles. The van der Waals surface area contributed by atoms with Crippen molar-refractivity contribution >= 4 is 27.3 Å². The third kappa shape index (κ3) is 2.59. The van der Waals surface area contributed by atoms with Crippen LogP contribution in [0.5, 0.6) is 0 Å². The minimum absolute atomic E-state index is 0.123. The number of sulfonamides is 1. The molecule has 0 aliphatic heterocycles. The Morgan fingerprint density at radius 1 is 1.41 bits per heavy atom. The van der Waals surface area contributed by atoms with Gasteiger partial charge in [0, 0.05) is 5.02 Å². The molecule has 5 nitrogen and oxygen atoms in total. The van der Waals surface area contributed by atoms with E-state index in [9.17, 15) is 8.42 Å². The Morgan fingerprint density at radius 2 is 2.18 bits per heavy atom. The predicted molar refractivity (Wildman–Crippen MR) is 65.6 cm³/mol. The second-order valence-electron chi connectivity index (χ2n) is 3.48. The van der Waals surface area contributed by atoms with Crippen LogP contribution in [0.15, 0.2) is 35.4 Å². The number of hydrogen-bond acceptors (Lipinski definition) is 3. The third-order valence-electron chi connectivity index (χ3n) is 2.15. The van der Waals surface area contributed by atoms with Gasteiger partial charge in [0.05, 0.1) is 17.6 Å². The monoisotopic (exact) mass is 271 g/mol. The van der Waals surface area contributed by atoms with Crippen molar-refractivity contribution in [3.05, 3.63) is 41.2 Å². The number of nitrogens with zero attached hydrogens (tertiary/aromatic N) is 1. The average molecular weight is 272 g/mol. The number of H-pyrrole nitrogens is 1. The first-order valence-electron chi connectivity index (χ1n) is 4.77. The van der Waals surface area contributed by atoms with Crippen LogP contribution in [0, 0.1) is 6.92 Å². The largest absolute Gasteiger partial charge is 0.281 e. The molecule has 17 heavy (non-hydrogen) atoms. The molecule has 0 atom stereocenters. The molecule has 1 heterocycles. The second kappa shape index (κ2) is 4.38. The lowest BCUT2D eigenvalue weighted by atomic mass is 10.3. The highest BCUT2D eigenvalue weighted by atomic mass is 35.5. The van der Waals surface area contributed by atoms with Crippen molar-refractivity contribution in [2.45, 2.75) is 11.8 Å². The molecular weight excluding hydrogens is 262 g/mol. The van der Waals surface area contributed by atoms with Crippen molar-refractivity contribution in [2.24, 2.45) is 0 Å². The number of nitrogens with one attached hydrogen (secondary N) is 2.